The Bertz CT molecular complexity index is 521. The number of halogens is 2. The van der Waals surface area contributed by atoms with Gasteiger partial charge in [0.2, 0.25) is 5.91 Å². The number of hydrogen-bond donors (Lipinski definition) is 2. The van der Waals surface area contributed by atoms with E-state index < -0.39 is 11.8 Å². The number of carbonyl (C=O) groups is 2. The molecule has 0 spiro atoms. The first-order valence-electron chi connectivity index (χ1n) is 6.18. The van der Waals surface area contributed by atoms with Crippen LogP contribution in [-0.4, -0.2) is 29.8 Å². The minimum Gasteiger partial charge on any atom is -0.399 e. The summed E-state index contributed by atoms with van der Waals surface area (Å²) in [5.74, 6) is -0.989. The topological polar surface area (TPSA) is 89.4 Å². The van der Waals surface area contributed by atoms with Gasteiger partial charge >= 0.3 is 0 Å². The number of carbonyl (C=O) groups excluding carboxylic acids is 2. The Hall–Kier alpha value is -1.46. The zero-order chi connectivity index (χ0) is 15.3. The number of nitrogen functional groups attached to an aromatic ring is 1. The Balaban J connectivity index is 3.07. The molecule has 1 rings (SSSR count). The van der Waals surface area contributed by atoms with Crippen LogP contribution in [0.3, 0.4) is 0 Å². The fraction of sp³-hybridized carbons (Fsp3) is 0.385. The third-order valence-electron chi connectivity index (χ3n) is 2.70. The highest BCUT2D eigenvalue weighted by Crippen LogP contribution is 2.29. The lowest BCUT2D eigenvalue weighted by Crippen LogP contribution is -2.39. The maximum Gasteiger partial charge on any atom is 0.255 e. The fourth-order valence-corrected chi connectivity index (χ4v) is 2.14. The summed E-state index contributed by atoms with van der Waals surface area (Å²) in [6, 6.07) is 2.90. The van der Waals surface area contributed by atoms with Crippen LogP contribution in [0.5, 0.6) is 0 Å². The van der Waals surface area contributed by atoms with Crippen molar-refractivity contribution in [2.75, 3.05) is 18.8 Å². The summed E-state index contributed by atoms with van der Waals surface area (Å²) in [5, 5.41) is 0.321. The number of anilines is 1. The Morgan fingerprint density at radius 2 is 1.95 bits per heavy atom. The molecule has 5 nitrogen and oxygen atoms in total. The number of hydrogen-bond acceptors (Lipinski definition) is 3. The highest BCUT2D eigenvalue weighted by atomic mass is 35.5. The molecule has 110 valence electrons. The summed E-state index contributed by atoms with van der Waals surface area (Å²) >= 11 is 11.9. The highest BCUT2D eigenvalue weighted by Gasteiger charge is 2.21. The normalized spacial score (nSPS) is 10.3. The Morgan fingerprint density at radius 1 is 1.30 bits per heavy atom. The van der Waals surface area contributed by atoms with Crippen molar-refractivity contribution in [1.82, 2.24) is 4.90 Å². The van der Waals surface area contributed by atoms with E-state index in [4.69, 9.17) is 34.7 Å². The van der Waals surface area contributed by atoms with Crippen molar-refractivity contribution in [2.45, 2.75) is 19.8 Å². The molecule has 7 heteroatoms. The van der Waals surface area contributed by atoms with Gasteiger partial charge in [-0.1, -0.05) is 36.5 Å². The molecule has 0 saturated carbocycles. The second-order valence-corrected chi connectivity index (χ2v) is 5.20. The van der Waals surface area contributed by atoms with E-state index in [-0.39, 0.29) is 22.2 Å². The van der Waals surface area contributed by atoms with Gasteiger partial charge in [-0.3, -0.25) is 9.59 Å². The number of benzene rings is 1. The summed E-state index contributed by atoms with van der Waals surface area (Å²) in [5.41, 5.74) is 11.3. The number of primary amides is 1. The summed E-state index contributed by atoms with van der Waals surface area (Å²) in [7, 11) is 0. The van der Waals surface area contributed by atoms with Crippen LogP contribution in [0.4, 0.5) is 5.69 Å². The van der Waals surface area contributed by atoms with Gasteiger partial charge in [0.15, 0.2) is 0 Å². The van der Waals surface area contributed by atoms with E-state index in [0.717, 1.165) is 12.8 Å². The van der Waals surface area contributed by atoms with E-state index in [2.05, 4.69) is 0 Å². The number of unbranched alkanes of at least 4 members (excludes halogenated alkanes) is 1. The average molecular weight is 318 g/mol. The van der Waals surface area contributed by atoms with E-state index in [1.165, 1.54) is 17.0 Å². The predicted octanol–water partition coefficient (Wildman–Crippen LogP) is 2.30. The molecule has 20 heavy (non-hydrogen) atoms. The summed E-state index contributed by atoms with van der Waals surface area (Å²) < 4.78 is 0. The monoisotopic (exact) mass is 317 g/mol. The molecule has 0 aliphatic rings. The van der Waals surface area contributed by atoms with E-state index >= 15 is 0 Å². The second kappa shape index (κ2) is 7.36. The molecule has 0 fully saturated rings. The first-order valence-corrected chi connectivity index (χ1v) is 6.94. The minimum atomic E-state index is -0.583. The molecule has 0 aliphatic heterocycles. The van der Waals surface area contributed by atoms with Crippen LogP contribution in [0, 0.1) is 0 Å². The van der Waals surface area contributed by atoms with Crippen molar-refractivity contribution in [2.24, 2.45) is 5.73 Å². The van der Waals surface area contributed by atoms with Crippen molar-refractivity contribution in [3.63, 3.8) is 0 Å². The van der Waals surface area contributed by atoms with Gasteiger partial charge in [-0.25, -0.2) is 0 Å². The molecule has 0 radical (unpaired) electrons. The maximum atomic E-state index is 12.4. The van der Waals surface area contributed by atoms with E-state index in [9.17, 15) is 9.59 Å². The summed E-state index contributed by atoms with van der Waals surface area (Å²) in [6.45, 7) is 2.24. The number of nitrogens with zero attached hydrogens (tertiary/aromatic N) is 1. The van der Waals surface area contributed by atoms with Crippen molar-refractivity contribution >= 4 is 40.7 Å². The van der Waals surface area contributed by atoms with Crippen LogP contribution in [0.1, 0.15) is 30.1 Å². The lowest BCUT2D eigenvalue weighted by atomic mass is 10.1. The van der Waals surface area contributed by atoms with E-state index in [1.807, 2.05) is 6.92 Å². The molecule has 0 aromatic heterocycles. The average Bonchev–Trinajstić information content (AvgIpc) is 2.37. The lowest BCUT2D eigenvalue weighted by molar-refractivity contribution is -0.118. The molecular weight excluding hydrogens is 301 g/mol. The third kappa shape index (κ3) is 4.28. The van der Waals surface area contributed by atoms with Crippen LogP contribution >= 0.6 is 23.2 Å². The first-order chi connectivity index (χ1) is 9.36. The van der Waals surface area contributed by atoms with E-state index in [1.54, 1.807) is 0 Å². The maximum absolute atomic E-state index is 12.4. The van der Waals surface area contributed by atoms with Gasteiger partial charge in [0.1, 0.15) is 0 Å². The van der Waals surface area contributed by atoms with Gasteiger partial charge in [0, 0.05) is 12.2 Å². The largest absolute Gasteiger partial charge is 0.399 e. The van der Waals surface area contributed by atoms with Gasteiger partial charge in [-0.15, -0.1) is 0 Å². The van der Waals surface area contributed by atoms with Crippen LogP contribution in [0.2, 0.25) is 10.0 Å². The Labute approximate surface area is 127 Å². The fourth-order valence-electron chi connectivity index (χ4n) is 1.73. The summed E-state index contributed by atoms with van der Waals surface area (Å²) in [4.78, 5) is 24.9. The molecule has 4 N–H and O–H groups in total. The van der Waals surface area contributed by atoms with Crippen molar-refractivity contribution in [3.8, 4) is 0 Å². The predicted molar refractivity (Wildman–Crippen MR) is 80.9 cm³/mol. The van der Waals surface area contributed by atoms with Crippen molar-refractivity contribution in [1.29, 1.82) is 0 Å². The zero-order valence-corrected chi connectivity index (χ0v) is 12.7. The van der Waals surface area contributed by atoms with Crippen LogP contribution < -0.4 is 11.5 Å². The smallest absolute Gasteiger partial charge is 0.255 e. The van der Waals surface area contributed by atoms with Crippen molar-refractivity contribution in [3.05, 3.63) is 27.7 Å². The van der Waals surface area contributed by atoms with Gasteiger partial charge in [-0.05, 0) is 18.6 Å². The molecule has 0 unspecified atom stereocenters. The molecule has 0 saturated heterocycles. The first kappa shape index (κ1) is 16.6. The van der Waals surface area contributed by atoms with Gasteiger partial charge in [-0.2, -0.15) is 0 Å². The third-order valence-corrected chi connectivity index (χ3v) is 3.50. The highest BCUT2D eigenvalue weighted by molar-refractivity contribution is 6.44. The molecule has 0 heterocycles. The van der Waals surface area contributed by atoms with Gasteiger partial charge in [0.25, 0.3) is 5.91 Å². The zero-order valence-electron chi connectivity index (χ0n) is 11.2. The molecular formula is C13H17Cl2N3O2. The van der Waals surface area contributed by atoms with Gasteiger partial charge in [0.05, 0.1) is 22.2 Å². The minimum absolute atomic E-state index is 0.122. The molecule has 0 bridgehead atoms. The number of nitrogens with two attached hydrogens (primary N) is 2. The SMILES string of the molecule is CCCCN(CC(N)=O)C(=O)c1cc(N)cc(Cl)c1Cl. The number of rotatable bonds is 6. The van der Waals surface area contributed by atoms with E-state index in [0.29, 0.717) is 12.2 Å². The quantitative estimate of drug-likeness (QED) is 0.789. The van der Waals surface area contributed by atoms with Gasteiger partial charge < -0.3 is 16.4 Å². The van der Waals surface area contributed by atoms with Crippen molar-refractivity contribution < 1.29 is 9.59 Å². The van der Waals surface area contributed by atoms with Crippen LogP contribution in [-0.2, 0) is 4.79 Å². The molecule has 0 aliphatic carbocycles. The molecule has 1 aromatic carbocycles. The molecule has 1 aromatic rings. The standard InChI is InChI=1S/C13H17Cl2N3O2/c1-2-3-4-18(7-11(17)19)13(20)9-5-8(16)6-10(14)12(9)15/h5-6H,2-4,7,16H2,1H3,(H2,17,19). The Morgan fingerprint density at radius 3 is 2.50 bits per heavy atom. The molecule has 0 atom stereocenters. The molecule has 2 amide bonds. The Kier molecular flexibility index (Phi) is 6.10. The summed E-state index contributed by atoms with van der Waals surface area (Å²) in [6.07, 6.45) is 1.64. The van der Waals surface area contributed by atoms with Crippen LogP contribution in [0.15, 0.2) is 12.1 Å². The number of amides is 2. The van der Waals surface area contributed by atoms with Crippen LogP contribution in [0.25, 0.3) is 0 Å². The second-order valence-electron chi connectivity index (χ2n) is 4.41. The lowest BCUT2D eigenvalue weighted by Gasteiger charge is -2.22.